The number of methoxy groups -OCH3 is 1. The average molecular weight is 633 g/mol. The van der Waals surface area contributed by atoms with E-state index in [4.69, 9.17) is 20.4 Å². The van der Waals surface area contributed by atoms with Gasteiger partial charge >= 0.3 is 0 Å². The number of nitrogens with two attached hydrogens (primary N) is 1. The lowest BCUT2D eigenvalue weighted by molar-refractivity contribution is 0.346. The molecule has 3 heterocycles. The molecule has 13 heteroatoms. The molecule has 1 aliphatic heterocycles. The molecule has 0 spiro atoms. The average Bonchev–Trinajstić information content (AvgIpc) is 3.41. The van der Waals surface area contributed by atoms with Crippen molar-refractivity contribution in [1.82, 2.24) is 19.3 Å². The van der Waals surface area contributed by atoms with Gasteiger partial charge < -0.3 is 15.8 Å². The Labute approximate surface area is 256 Å². The summed E-state index contributed by atoms with van der Waals surface area (Å²) >= 11 is 5.49. The van der Waals surface area contributed by atoms with Crippen LogP contribution in [0.4, 0.5) is 20.4 Å². The molecule has 1 saturated heterocycles. The number of nitrogens with one attached hydrogen (secondary N) is 1. The minimum absolute atomic E-state index is 0.0944. The van der Waals surface area contributed by atoms with E-state index in [0.29, 0.717) is 33.5 Å². The van der Waals surface area contributed by atoms with Gasteiger partial charge in [-0.2, -0.15) is 0 Å². The highest BCUT2D eigenvalue weighted by molar-refractivity contribution is 7.81. The minimum Gasteiger partial charge on any atom is -0.496 e. The number of aromatic nitrogens is 3. The molecule has 2 aromatic heterocycles. The fraction of sp³-hybridized carbons (Fsp3) is 0.345. The zero-order chi connectivity index (χ0) is 30.4. The zero-order valence-corrected chi connectivity index (χ0v) is 26.3. The van der Waals surface area contributed by atoms with Gasteiger partial charge in [0.2, 0.25) is 5.95 Å². The number of thiol groups is 1. The molecular weight excluding hydrogens is 599 g/mol. The van der Waals surface area contributed by atoms with E-state index in [9.17, 15) is 13.0 Å². The zero-order valence-electron chi connectivity index (χ0n) is 23.8. The smallest absolute Gasteiger partial charge is 0.223 e. The van der Waals surface area contributed by atoms with Gasteiger partial charge in [-0.25, -0.2) is 32.2 Å². The number of rotatable bonds is 7. The predicted molar refractivity (Wildman–Crippen MR) is 170 cm³/mol. The maximum atomic E-state index is 14.8. The molecule has 0 aliphatic carbocycles. The van der Waals surface area contributed by atoms with Crippen LogP contribution in [0.15, 0.2) is 53.6 Å². The van der Waals surface area contributed by atoms with Crippen molar-refractivity contribution in [2.24, 2.45) is 0 Å². The molecule has 0 bridgehead atoms. The third-order valence-electron chi connectivity index (χ3n) is 6.60. The molecule has 1 aliphatic rings. The Morgan fingerprint density at radius 2 is 1.90 bits per heavy atom. The monoisotopic (exact) mass is 632 g/mol. The fourth-order valence-corrected chi connectivity index (χ4v) is 6.40. The van der Waals surface area contributed by atoms with Gasteiger partial charge in [-0.3, -0.25) is 0 Å². The van der Waals surface area contributed by atoms with Gasteiger partial charge in [0.15, 0.2) is 5.82 Å². The van der Waals surface area contributed by atoms with Gasteiger partial charge in [0.25, 0.3) is 0 Å². The second kappa shape index (κ2) is 14.4. The van der Waals surface area contributed by atoms with E-state index in [-0.39, 0.29) is 23.5 Å². The quantitative estimate of drug-likeness (QED) is 0.160. The molecule has 4 aromatic rings. The van der Waals surface area contributed by atoms with E-state index >= 15 is 0 Å². The third kappa shape index (κ3) is 7.82. The fourth-order valence-electron chi connectivity index (χ4n) is 4.33. The van der Waals surface area contributed by atoms with Crippen molar-refractivity contribution in [2.45, 2.75) is 43.5 Å². The first-order valence-electron chi connectivity index (χ1n) is 13.3. The van der Waals surface area contributed by atoms with Crippen molar-refractivity contribution < 1.29 is 17.7 Å². The number of hydrogen-bond donors (Lipinski definition) is 3. The lowest BCUT2D eigenvalue weighted by atomic mass is 10.1. The summed E-state index contributed by atoms with van der Waals surface area (Å²) in [5, 5.41) is 4.31. The van der Waals surface area contributed by atoms with Crippen LogP contribution in [0, 0.1) is 11.6 Å². The van der Waals surface area contributed by atoms with Crippen LogP contribution in [0.2, 0.25) is 0 Å². The van der Waals surface area contributed by atoms with E-state index in [1.165, 1.54) is 36.6 Å². The Hall–Kier alpha value is -3.13. The second-order valence-electron chi connectivity index (χ2n) is 9.95. The van der Waals surface area contributed by atoms with Crippen LogP contribution in [0.1, 0.15) is 37.6 Å². The van der Waals surface area contributed by atoms with E-state index in [1.807, 2.05) is 10.4 Å². The molecule has 224 valence electrons. The third-order valence-corrected chi connectivity index (χ3v) is 9.42. The lowest BCUT2D eigenvalue weighted by Crippen LogP contribution is -2.39. The Bertz CT molecular complexity index is 1540. The van der Waals surface area contributed by atoms with Crippen LogP contribution < -0.4 is 15.8 Å². The summed E-state index contributed by atoms with van der Waals surface area (Å²) in [4.78, 5) is 15.2. The number of hydrogen-bond acceptors (Lipinski definition) is 9. The summed E-state index contributed by atoms with van der Waals surface area (Å²) in [6.07, 6.45) is 5.15. The molecule has 1 atom stereocenters. The first-order valence-corrected chi connectivity index (χ1v) is 16.1. The first kappa shape index (κ1) is 31.8. The van der Waals surface area contributed by atoms with Crippen molar-refractivity contribution >= 4 is 46.6 Å². The molecular formula is C29H34F2N6O2S3. The normalized spacial score (nSPS) is 14.8. The highest BCUT2D eigenvalue weighted by Crippen LogP contribution is 2.40. The molecule has 0 saturated carbocycles. The van der Waals surface area contributed by atoms with Crippen molar-refractivity contribution in [3.63, 3.8) is 0 Å². The van der Waals surface area contributed by atoms with Crippen LogP contribution in [0.25, 0.3) is 21.8 Å². The molecule has 42 heavy (non-hydrogen) atoms. The Morgan fingerprint density at radius 1 is 1.17 bits per heavy atom. The molecule has 2 aromatic carbocycles. The molecule has 8 nitrogen and oxygen atoms in total. The summed E-state index contributed by atoms with van der Waals surface area (Å²) in [6, 6.07) is 11.2. The van der Waals surface area contributed by atoms with Gasteiger partial charge in [0.1, 0.15) is 11.6 Å². The van der Waals surface area contributed by atoms with Crippen molar-refractivity contribution in [3.05, 3.63) is 65.3 Å². The Kier molecular flexibility index (Phi) is 10.9. The number of halogens is 2. The van der Waals surface area contributed by atoms with Gasteiger partial charge in [-0.15, -0.1) is 24.0 Å². The predicted octanol–water partition coefficient (Wildman–Crippen LogP) is 6.40. The number of nitrogen functional groups attached to an aromatic ring is 1. The molecule has 1 unspecified atom stereocenters. The maximum Gasteiger partial charge on any atom is 0.223 e. The van der Waals surface area contributed by atoms with E-state index in [1.54, 1.807) is 30.7 Å². The van der Waals surface area contributed by atoms with Gasteiger partial charge in [0, 0.05) is 48.0 Å². The highest BCUT2D eigenvalue weighted by Gasteiger charge is 2.23. The lowest BCUT2D eigenvalue weighted by Gasteiger charge is -2.30. The van der Waals surface area contributed by atoms with Gasteiger partial charge in [0.05, 0.1) is 45.1 Å². The number of nitrogens with zero attached hydrogens (tertiary/aromatic N) is 4. The number of ether oxygens (including phenoxy) is 1. The Balaban J connectivity index is 0.000000343. The maximum absolute atomic E-state index is 14.8. The van der Waals surface area contributed by atoms with E-state index < -0.39 is 16.8 Å². The van der Waals surface area contributed by atoms with Crippen molar-refractivity contribution in [3.8, 4) is 27.6 Å². The van der Waals surface area contributed by atoms with Crippen LogP contribution in [-0.4, -0.2) is 56.0 Å². The number of anilines is 2. The van der Waals surface area contributed by atoms with Crippen LogP contribution in [0.5, 0.6) is 5.75 Å². The topological polar surface area (TPSA) is 106 Å². The van der Waals surface area contributed by atoms with E-state index in [0.717, 1.165) is 35.8 Å². The molecule has 1 fully saturated rings. The summed E-state index contributed by atoms with van der Waals surface area (Å²) in [6.45, 7) is 5.66. The Morgan fingerprint density at radius 3 is 2.55 bits per heavy atom. The first-order chi connectivity index (χ1) is 20.1. The highest BCUT2D eigenvalue weighted by atomic mass is 32.2. The number of benzene rings is 2. The molecule has 3 N–H and O–H groups in total. The van der Waals surface area contributed by atoms with Crippen LogP contribution in [0.3, 0.4) is 0 Å². The standard InChI is InChI=1S/C22H27FN6OS2.C7H7FOS/c1-13(2)21-28-19(15-5-4-6-16(24)18(15)23)20(31-21)17-7-10-25-22(27-17)26-14-8-11-29(12-9-14)32(3)30;1-9-6-3-2-5(8)4-7(6)10/h4-7,10,13-14H,8-9,11-12,24H2,1-3H3,(H,25,26,27);2-4,10H,1H3. The van der Waals surface area contributed by atoms with Crippen LogP contribution in [-0.2, 0) is 11.0 Å². The van der Waals surface area contributed by atoms with Crippen molar-refractivity contribution in [1.29, 1.82) is 0 Å². The second-order valence-corrected chi connectivity index (χ2v) is 12.8. The summed E-state index contributed by atoms with van der Waals surface area (Å²) in [5.74, 6) is 0.541. The van der Waals surface area contributed by atoms with Crippen molar-refractivity contribution in [2.75, 3.05) is 37.5 Å². The summed E-state index contributed by atoms with van der Waals surface area (Å²) in [5.41, 5.74) is 7.52. The minimum atomic E-state index is -0.939. The number of piperidine rings is 1. The van der Waals surface area contributed by atoms with E-state index in [2.05, 4.69) is 36.8 Å². The van der Waals surface area contributed by atoms with Crippen LogP contribution >= 0.6 is 24.0 Å². The van der Waals surface area contributed by atoms with Gasteiger partial charge in [-0.05, 0) is 49.2 Å². The summed E-state index contributed by atoms with van der Waals surface area (Å²) in [7, 11) is 0.582. The largest absolute Gasteiger partial charge is 0.496 e. The number of thiazole rings is 1. The molecule has 0 amide bonds. The molecule has 5 rings (SSSR count). The molecule has 0 radical (unpaired) electrons. The SMILES string of the molecule is CC(C)c1nc(-c2cccc(N)c2F)c(-c2ccnc(NC3CCN(S(C)=O)CC3)n2)s1.COc1ccc(F)cc1S. The van der Waals surface area contributed by atoms with Gasteiger partial charge in [-0.1, -0.05) is 19.9 Å². The summed E-state index contributed by atoms with van der Waals surface area (Å²) < 4.78 is 45.7.